The fraction of sp³-hybridized carbons (Fsp3) is 0.130. The van der Waals surface area contributed by atoms with Gasteiger partial charge in [0.25, 0.3) is 5.91 Å². The Bertz CT molecular complexity index is 1230. The number of ether oxygens (including phenoxy) is 1. The number of rotatable bonds is 8. The molecule has 3 aromatic rings. The molecule has 0 aromatic heterocycles. The molecule has 1 amide bonds. The first kappa shape index (κ1) is 24.2. The lowest BCUT2D eigenvalue weighted by Crippen LogP contribution is -2.30. The van der Waals surface area contributed by atoms with Crippen molar-refractivity contribution in [3.8, 4) is 5.75 Å². The van der Waals surface area contributed by atoms with Gasteiger partial charge in [-0.15, -0.1) is 0 Å². The summed E-state index contributed by atoms with van der Waals surface area (Å²) in [5.41, 5.74) is 2.62. The third-order valence-electron chi connectivity index (χ3n) is 4.68. The van der Waals surface area contributed by atoms with Gasteiger partial charge in [-0.05, 0) is 78.8 Å². The first-order valence-corrected chi connectivity index (χ1v) is 11.9. The van der Waals surface area contributed by atoms with Gasteiger partial charge in [-0.2, -0.15) is 0 Å². The van der Waals surface area contributed by atoms with Crippen molar-refractivity contribution in [2.24, 2.45) is 5.14 Å². The van der Waals surface area contributed by atoms with E-state index in [1.807, 2.05) is 24.3 Å². The number of nitrogens with one attached hydrogen (secondary N) is 3. The van der Waals surface area contributed by atoms with Gasteiger partial charge in [-0.1, -0.05) is 18.2 Å². The molecule has 0 aliphatic carbocycles. The number of thiocarbonyl (C=S) groups is 1. The molecule has 0 radical (unpaired) electrons. The van der Waals surface area contributed by atoms with Gasteiger partial charge < -0.3 is 20.7 Å². The summed E-state index contributed by atoms with van der Waals surface area (Å²) in [4.78, 5) is 12.4. The Balaban J connectivity index is 1.50. The van der Waals surface area contributed by atoms with Crippen molar-refractivity contribution in [3.63, 3.8) is 0 Å². The summed E-state index contributed by atoms with van der Waals surface area (Å²) in [7, 11) is -2.22. The highest BCUT2D eigenvalue weighted by Crippen LogP contribution is 2.16. The predicted molar refractivity (Wildman–Crippen MR) is 133 cm³/mol. The number of sulfonamides is 1. The van der Waals surface area contributed by atoms with Crippen LogP contribution in [-0.2, 0) is 16.4 Å². The Morgan fingerprint density at radius 2 is 1.67 bits per heavy atom. The lowest BCUT2D eigenvalue weighted by Gasteiger charge is -2.11. The number of carbonyl (C=O) groups excluding carboxylic acids is 1. The molecule has 0 aliphatic rings. The highest BCUT2D eigenvalue weighted by Gasteiger charge is 2.11. The highest BCUT2D eigenvalue weighted by molar-refractivity contribution is 7.89. The van der Waals surface area contributed by atoms with Crippen LogP contribution in [-0.4, -0.2) is 33.1 Å². The van der Waals surface area contributed by atoms with Crippen molar-refractivity contribution >= 4 is 44.6 Å². The molecule has 0 aliphatic heterocycles. The van der Waals surface area contributed by atoms with Crippen LogP contribution < -0.4 is 25.8 Å². The number of methoxy groups -OCH3 is 1. The van der Waals surface area contributed by atoms with Gasteiger partial charge in [0.05, 0.1) is 12.0 Å². The van der Waals surface area contributed by atoms with Gasteiger partial charge in [0.1, 0.15) is 5.75 Å². The molecule has 8 nitrogen and oxygen atoms in total. The second kappa shape index (κ2) is 10.9. The van der Waals surface area contributed by atoms with Crippen molar-refractivity contribution in [2.75, 3.05) is 24.3 Å². The van der Waals surface area contributed by atoms with Crippen molar-refractivity contribution in [3.05, 3.63) is 83.9 Å². The lowest BCUT2D eigenvalue weighted by atomic mass is 10.1. The molecule has 0 spiro atoms. The molecule has 0 bridgehead atoms. The molecule has 0 atom stereocenters. The largest absolute Gasteiger partial charge is 0.497 e. The summed E-state index contributed by atoms with van der Waals surface area (Å²) < 4.78 is 28.1. The zero-order chi connectivity index (χ0) is 23.8. The van der Waals surface area contributed by atoms with E-state index in [1.165, 1.54) is 18.2 Å². The van der Waals surface area contributed by atoms with E-state index in [1.54, 1.807) is 37.4 Å². The lowest BCUT2D eigenvalue weighted by molar-refractivity contribution is 0.102. The second-order valence-electron chi connectivity index (χ2n) is 7.08. The van der Waals surface area contributed by atoms with Crippen molar-refractivity contribution < 1.29 is 17.9 Å². The predicted octanol–water partition coefficient (Wildman–Crippen LogP) is 3.12. The zero-order valence-electron chi connectivity index (χ0n) is 17.9. The number of carbonyl (C=O) groups is 1. The smallest absolute Gasteiger partial charge is 0.255 e. The van der Waals surface area contributed by atoms with Crippen molar-refractivity contribution in [1.82, 2.24) is 5.32 Å². The minimum atomic E-state index is -3.85. The average Bonchev–Trinajstić information content (AvgIpc) is 2.79. The van der Waals surface area contributed by atoms with Gasteiger partial charge in [0.2, 0.25) is 10.0 Å². The maximum atomic E-state index is 12.5. The van der Waals surface area contributed by atoms with E-state index in [2.05, 4.69) is 16.0 Å². The minimum absolute atomic E-state index is 0.0761. The number of primary sulfonamides is 1. The normalized spacial score (nSPS) is 10.8. The van der Waals surface area contributed by atoms with Crippen LogP contribution >= 0.6 is 12.2 Å². The number of benzene rings is 3. The first-order valence-electron chi connectivity index (χ1n) is 9.96. The summed E-state index contributed by atoms with van der Waals surface area (Å²) in [6.07, 6.45) is 0.803. The standard InChI is InChI=1S/C23H24N4O4S2/c1-31-20-11-5-16(6-12-20)13-14-25-23(32)27-18-9-7-17(8-10-18)22(28)26-19-3-2-4-21(15-19)33(24,29)30/h2-12,15H,13-14H2,1H3,(H,26,28)(H2,24,29,30)(H2,25,27,32). The molecule has 5 N–H and O–H groups in total. The summed E-state index contributed by atoms with van der Waals surface area (Å²) in [5, 5.41) is 14.5. The Morgan fingerprint density at radius 3 is 2.30 bits per heavy atom. The second-order valence-corrected chi connectivity index (χ2v) is 9.05. The molecule has 0 unspecified atom stereocenters. The van der Waals surface area contributed by atoms with E-state index in [-0.39, 0.29) is 10.8 Å². The first-order chi connectivity index (χ1) is 15.7. The molecule has 0 saturated heterocycles. The zero-order valence-corrected chi connectivity index (χ0v) is 19.5. The molecule has 0 heterocycles. The third kappa shape index (κ3) is 7.28. The molecular formula is C23H24N4O4S2. The van der Waals surface area contributed by atoms with Gasteiger partial charge in [0, 0.05) is 23.5 Å². The van der Waals surface area contributed by atoms with E-state index in [0.29, 0.717) is 22.9 Å². The molecule has 172 valence electrons. The van der Waals surface area contributed by atoms with Gasteiger partial charge >= 0.3 is 0 Å². The van der Waals surface area contributed by atoms with Crippen molar-refractivity contribution in [1.29, 1.82) is 0 Å². The summed E-state index contributed by atoms with van der Waals surface area (Å²) >= 11 is 5.32. The van der Waals surface area contributed by atoms with Crippen LogP contribution in [0.25, 0.3) is 0 Å². The summed E-state index contributed by atoms with van der Waals surface area (Å²) in [6.45, 7) is 0.663. The Labute approximate surface area is 198 Å². The maximum Gasteiger partial charge on any atom is 0.255 e. The molecular weight excluding hydrogens is 460 g/mol. The fourth-order valence-corrected chi connectivity index (χ4v) is 3.73. The van der Waals surface area contributed by atoms with E-state index in [4.69, 9.17) is 22.1 Å². The topological polar surface area (TPSA) is 123 Å². The number of amides is 1. The highest BCUT2D eigenvalue weighted by atomic mass is 32.2. The third-order valence-corrected chi connectivity index (χ3v) is 5.84. The summed E-state index contributed by atoms with van der Waals surface area (Å²) in [5.74, 6) is 0.436. The molecule has 0 saturated carbocycles. The quantitative estimate of drug-likeness (QED) is 0.362. The van der Waals surface area contributed by atoms with Gasteiger partial charge in [0.15, 0.2) is 5.11 Å². The number of hydrogen-bond acceptors (Lipinski definition) is 5. The van der Waals surface area contributed by atoms with E-state index >= 15 is 0 Å². The fourth-order valence-electron chi connectivity index (χ4n) is 2.95. The monoisotopic (exact) mass is 484 g/mol. The number of nitrogens with two attached hydrogens (primary N) is 1. The number of hydrogen-bond donors (Lipinski definition) is 4. The molecule has 33 heavy (non-hydrogen) atoms. The molecule has 3 rings (SSSR count). The van der Waals surface area contributed by atoms with Crippen LogP contribution in [0.5, 0.6) is 5.75 Å². The molecule has 3 aromatic carbocycles. The van der Waals surface area contributed by atoms with E-state index in [0.717, 1.165) is 23.4 Å². The molecule has 0 fully saturated rings. The van der Waals surface area contributed by atoms with Crippen LogP contribution in [0, 0.1) is 0 Å². The van der Waals surface area contributed by atoms with Gasteiger partial charge in [-0.3, -0.25) is 4.79 Å². The van der Waals surface area contributed by atoms with E-state index < -0.39 is 10.0 Å². The van der Waals surface area contributed by atoms with E-state index in [9.17, 15) is 13.2 Å². The van der Waals surface area contributed by atoms with Crippen molar-refractivity contribution in [2.45, 2.75) is 11.3 Å². The minimum Gasteiger partial charge on any atom is -0.497 e. The Hall–Kier alpha value is -3.47. The molecule has 10 heteroatoms. The van der Waals surface area contributed by atoms with Gasteiger partial charge in [-0.25, -0.2) is 13.6 Å². The Kier molecular flexibility index (Phi) is 7.99. The average molecular weight is 485 g/mol. The van der Waals surface area contributed by atoms with Crippen LogP contribution in [0.2, 0.25) is 0 Å². The number of anilines is 2. The SMILES string of the molecule is COc1ccc(CCNC(=S)Nc2ccc(C(=O)Nc3cccc(S(N)(=O)=O)c3)cc2)cc1. The van der Waals surface area contributed by atoms with Crippen LogP contribution in [0.1, 0.15) is 15.9 Å². The van der Waals surface area contributed by atoms with Crippen LogP contribution in [0.15, 0.2) is 77.7 Å². The van der Waals surface area contributed by atoms with Crippen LogP contribution in [0.3, 0.4) is 0 Å². The Morgan fingerprint density at radius 1 is 0.970 bits per heavy atom. The maximum absolute atomic E-state index is 12.5. The summed E-state index contributed by atoms with van der Waals surface area (Å²) in [6, 6.07) is 20.3. The van der Waals surface area contributed by atoms with Crippen LogP contribution in [0.4, 0.5) is 11.4 Å².